The lowest BCUT2D eigenvalue weighted by Crippen LogP contribution is -2.08. The van der Waals surface area contributed by atoms with Crippen LogP contribution in [-0.2, 0) is 17.9 Å². The predicted octanol–water partition coefficient (Wildman–Crippen LogP) is 2.02. The summed E-state index contributed by atoms with van der Waals surface area (Å²) in [5, 5.41) is 1.27. The van der Waals surface area contributed by atoms with Crippen LogP contribution < -0.4 is 5.73 Å². The number of aromatic nitrogens is 1. The fourth-order valence-electron chi connectivity index (χ4n) is 1.64. The van der Waals surface area contributed by atoms with Crippen molar-refractivity contribution in [2.75, 3.05) is 7.11 Å². The number of nitrogens with two attached hydrogens (primary N) is 1. The zero-order valence-electron chi connectivity index (χ0n) is 8.45. The van der Waals surface area contributed by atoms with Gasteiger partial charge < -0.3 is 10.5 Å². The third kappa shape index (κ3) is 1.82. The van der Waals surface area contributed by atoms with E-state index < -0.39 is 0 Å². The average Bonchev–Trinajstić information content (AvgIpc) is 2.46. The molecule has 0 amide bonds. The van der Waals surface area contributed by atoms with Crippen molar-refractivity contribution >= 4 is 11.3 Å². The summed E-state index contributed by atoms with van der Waals surface area (Å²) in [5.74, 6) is 0.705. The van der Waals surface area contributed by atoms with Crippen molar-refractivity contribution in [2.24, 2.45) is 5.73 Å². The Morgan fingerprint density at radius 3 is 2.86 bits per heavy atom. The van der Waals surface area contributed by atoms with Gasteiger partial charge in [0.05, 0.1) is 17.3 Å². The van der Waals surface area contributed by atoms with Crippen LogP contribution in [0.1, 0.15) is 40.8 Å². The number of rotatable bonds is 4. The summed E-state index contributed by atoms with van der Waals surface area (Å²) in [6, 6.07) is 0. The van der Waals surface area contributed by atoms with Gasteiger partial charge in [-0.1, -0.05) is 6.42 Å². The molecule has 0 atom stereocenters. The molecule has 0 unspecified atom stereocenters. The molecule has 3 nitrogen and oxygen atoms in total. The molecule has 4 heteroatoms. The first-order valence-electron chi connectivity index (χ1n) is 5.02. The summed E-state index contributed by atoms with van der Waals surface area (Å²) >= 11 is 1.77. The van der Waals surface area contributed by atoms with Gasteiger partial charge in [-0.25, -0.2) is 4.98 Å². The van der Waals surface area contributed by atoms with Gasteiger partial charge in [-0.2, -0.15) is 0 Å². The Morgan fingerprint density at radius 1 is 1.57 bits per heavy atom. The number of ether oxygens (including phenoxy) is 1. The molecule has 0 spiro atoms. The first-order chi connectivity index (χ1) is 6.85. The molecule has 1 fully saturated rings. The summed E-state index contributed by atoms with van der Waals surface area (Å²) in [7, 11) is 1.70. The second kappa shape index (κ2) is 4.38. The highest BCUT2D eigenvalue weighted by Crippen LogP contribution is 2.39. The lowest BCUT2D eigenvalue weighted by Gasteiger charge is -2.22. The fraction of sp³-hybridized carbons (Fsp3) is 0.700. The maximum Gasteiger partial charge on any atom is 0.0963 e. The van der Waals surface area contributed by atoms with E-state index in [1.807, 2.05) is 0 Å². The lowest BCUT2D eigenvalue weighted by atomic mass is 9.86. The number of hydrogen-bond donors (Lipinski definition) is 1. The minimum atomic E-state index is 0.586. The second-order valence-corrected chi connectivity index (χ2v) is 4.80. The highest BCUT2D eigenvalue weighted by atomic mass is 32.1. The van der Waals surface area contributed by atoms with E-state index in [9.17, 15) is 0 Å². The van der Waals surface area contributed by atoms with Crippen LogP contribution in [-0.4, -0.2) is 12.1 Å². The summed E-state index contributed by atoms with van der Waals surface area (Å²) < 4.78 is 5.10. The molecular weight excluding hydrogens is 196 g/mol. The van der Waals surface area contributed by atoms with Gasteiger partial charge in [0, 0.05) is 24.4 Å². The van der Waals surface area contributed by atoms with Crippen LogP contribution in [0.15, 0.2) is 0 Å². The summed E-state index contributed by atoms with van der Waals surface area (Å²) in [6.45, 7) is 1.18. The maximum atomic E-state index is 5.67. The van der Waals surface area contributed by atoms with Crippen molar-refractivity contribution in [3.05, 3.63) is 15.6 Å². The van der Waals surface area contributed by atoms with Gasteiger partial charge in [0.2, 0.25) is 0 Å². The average molecular weight is 212 g/mol. The van der Waals surface area contributed by atoms with Crippen LogP contribution in [0.4, 0.5) is 0 Å². The zero-order valence-corrected chi connectivity index (χ0v) is 9.27. The quantitative estimate of drug-likeness (QED) is 0.830. The largest absolute Gasteiger partial charge is 0.378 e. The second-order valence-electron chi connectivity index (χ2n) is 3.69. The van der Waals surface area contributed by atoms with Crippen LogP contribution >= 0.6 is 11.3 Å². The molecule has 2 rings (SSSR count). The van der Waals surface area contributed by atoms with Gasteiger partial charge in [-0.05, 0) is 12.8 Å². The van der Waals surface area contributed by atoms with E-state index in [-0.39, 0.29) is 0 Å². The molecule has 1 saturated carbocycles. The summed E-state index contributed by atoms with van der Waals surface area (Å²) in [6.07, 6.45) is 3.94. The Labute approximate surface area is 88.3 Å². The van der Waals surface area contributed by atoms with Crippen molar-refractivity contribution in [1.82, 2.24) is 4.98 Å². The molecule has 1 aliphatic carbocycles. The van der Waals surface area contributed by atoms with Crippen LogP contribution in [0.5, 0.6) is 0 Å². The van der Waals surface area contributed by atoms with Crippen molar-refractivity contribution in [3.8, 4) is 0 Å². The van der Waals surface area contributed by atoms with Crippen molar-refractivity contribution in [1.29, 1.82) is 0 Å². The highest BCUT2D eigenvalue weighted by Gasteiger charge is 2.24. The smallest absolute Gasteiger partial charge is 0.0963 e. The van der Waals surface area contributed by atoms with Crippen molar-refractivity contribution < 1.29 is 4.74 Å². The van der Waals surface area contributed by atoms with Crippen molar-refractivity contribution in [3.63, 3.8) is 0 Å². The lowest BCUT2D eigenvalue weighted by molar-refractivity contribution is 0.181. The molecule has 1 aromatic rings. The number of thiazole rings is 1. The molecule has 0 bridgehead atoms. The van der Waals surface area contributed by atoms with Crippen molar-refractivity contribution in [2.45, 2.75) is 38.3 Å². The van der Waals surface area contributed by atoms with E-state index in [1.54, 1.807) is 18.4 Å². The topological polar surface area (TPSA) is 48.1 Å². The molecule has 1 aromatic heterocycles. The van der Waals surface area contributed by atoms with E-state index >= 15 is 0 Å². The predicted molar refractivity (Wildman–Crippen MR) is 57.3 cm³/mol. The van der Waals surface area contributed by atoms with Gasteiger partial charge in [0.15, 0.2) is 0 Å². The van der Waals surface area contributed by atoms with E-state index in [1.165, 1.54) is 29.1 Å². The first kappa shape index (κ1) is 10.1. The molecule has 1 aliphatic rings. The van der Waals surface area contributed by atoms with Crippen LogP contribution in [0.3, 0.4) is 0 Å². The highest BCUT2D eigenvalue weighted by molar-refractivity contribution is 7.11. The Balaban J connectivity index is 2.16. The Bertz CT molecular complexity index is 307. The summed E-state index contributed by atoms with van der Waals surface area (Å²) in [5.41, 5.74) is 6.71. The van der Waals surface area contributed by atoms with Gasteiger partial charge in [0.25, 0.3) is 0 Å². The third-order valence-electron chi connectivity index (χ3n) is 2.72. The normalized spacial score (nSPS) is 17.0. The number of methoxy groups -OCH3 is 1. The maximum absolute atomic E-state index is 5.67. The molecule has 0 aromatic carbocycles. The molecular formula is C10H16N2OS. The van der Waals surface area contributed by atoms with E-state index in [0.717, 1.165) is 5.69 Å². The standard InChI is InChI=1S/C10H16N2OS/c1-13-6-8-9(5-11)14-10(12-8)7-3-2-4-7/h7H,2-6,11H2,1H3. The fourth-order valence-corrected chi connectivity index (χ4v) is 2.76. The van der Waals surface area contributed by atoms with E-state index in [4.69, 9.17) is 10.5 Å². The van der Waals surface area contributed by atoms with E-state index in [2.05, 4.69) is 4.98 Å². The molecule has 2 N–H and O–H groups in total. The van der Waals surface area contributed by atoms with Gasteiger partial charge in [0.1, 0.15) is 0 Å². The van der Waals surface area contributed by atoms with Gasteiger partial charge in [-0.3, -0.25) is 0 Å². The minimum Gasteiger partial charge on any atom is -0.378 e. The minimum absolute atomic E-state index is 0.586. The monoisotopic (exact) mass is 212 g/mol. The molecule has 78 valence electrons. The Hall–Kier alpha value is -0.450. The number of hydrogen-bond acceptors (Lipinski definition) is 4. The molecule has 1 heterocycles. The SMILES string of the molecule is COCc1nc(C2CCC2)sc1CN. The van der Waals surface area contributed by atoms with E-state index in [0.29, 0.717) is 19.1 Å². The molecule has 14 heavy (non-hydrogen) atoms. The Kier molecular flexibility index (Phi) is 3.15. The third-order valence-corrected chi connectivity index (χ3v) is 4.00. The Morgan fingerprint density at radius 2 is 2.36 bits per heavy atom. The van der Waals surface area contributed by atoms with Crippen LogP contribution in [0.2, 0.25) is 0 Å². The van der Waals surface area contributed by atoms with Gasteiger partial charge >= 0.3 is 0 Å². The summed E-state index contributed by atoms with van der Waals surface area (Å²) in [4.78, 5) is 5.79. The van der Waals surface area contributed by atoms with Crippen LogP contribution in [0.25, 0.3) is 0 Å². The van der Waals surface area contributed by atoms with Gasteiger partial charge in [-0.15, -0.1) is 11.3 Å². The van der Waals surface area contributed by atoms with Crippen LogP contribution in [0, 0.1) is 0 Å². The molecule has 0 radical (unpaired) electrons. The zero-order chi connectivity index (χ0) is 9.97. The molecule has 0 saturated heterocycles. The number of nitrogens with zero attached hydrogens (tertiary/aromatic N) is 1. The first-order valence-corrected chi connectivity index (χ1v) is 5.84. The molecule has 0 aliphatic heterocycles.